The molecular weight excluding hydrogens is 444 g/mol. The highest BCUT2D eigenvalue weighted by Crippen LogP contribution is 2.29. The first-order valence-corrected chi connectivity index (χ1v) is 12.6. The minimum Gasteiger partial charge on any atom is -0.376 e. The summed E-state index contributed by atoms with van der Waals surface area (Å²) >= 11 is 3.09. The van der Waals surface area contributed by atoms with Gasteiger partial charge in [-0.2, -0.15) is 0 Å². The molecule has 1 unspecified atom stereocenters. The Morgan fingerprint density at radius 1 is 1.28 bits per heavy atom. The van der Waals surface area contributed by atoms with E-state index in [1.54, 1.807) is 35.6 Å². The minimum atomic E-state index is -0.136. The first-order chi connectivity index (χ1) is 15.5. The Balaban J connectivity index is 1.45. The third-order valence-corrected chi connectivity index (χ3v) is 7.34. The Morgan fingerprint density at radius 3 is 2.75 bits per heavy atom. The predicted molar refractivity (Wildman–Crippen MR) is 127 cm³/mol. The monoisotopic (exact) mass is 470 g/mol. The Labute approximate surface area is 195 Å². The van der Waals surface area contributed by atoms with Crippen molar-refractivity contribution in [3.8, 4) is 11.4 Å². The fourth-order valence-electron chi connectivity index (χ4n) is 3.56. The number of thioether (sulfide) groups is 1. The van der Waals surface area contributed by atoms with E-state index in [2.05, 4.69) is 38.5 Å². The zero-order valence-corrected chi connectivity index (χ0v) is 19.8. The van der Waals surface area contributed by atoms with Gasteiger partial charge in [-0.3, -0.25) is 14.2 Å². The fraction of sp³-hybridized carbons (Fsp3) is 0.391. The van der Waals surface area contributed by atoms with Crippen molar-refractivity contribution in [3.63, 3.8) is 0 Å². The summed E-state index contributed by atoms with van der Waals surface area (Å²) in [5, 5.41) is 14.5. The van der Waals surface area contributed by atoms with Gasteiger partial charge in [-0.25, -0.2) is 0 Å². The van der Waals surface area contributed by atoms with E-state index in [0.29, 0.717) is 23.0 Å². The normalized spacial score (nSPS) is 15.8. The number of hydrogen-bond donors (Lipinski definition) is 1. The van der Waals surface area contributed by atoms with E-state index in [1.807, 2.05) is 0 Å². The number of carbonyl (C=O) groups is 2. The number of nitrogens with one attached hydrogen (secondary N) is 1. The number of ether oxygens (including phenoxy) is 1. The summed E-state index contributed by atoms with van der Waals surface area (Å²) in [5.41, 5.74) is 2.33. The maximum absolute atomic E-state index is 12.5. The van der Waals surface area contributed by atoms with Crippen LogP contribution in [0, 0.1) is 0 Å². The van der Waals surface area contributed by atoms with Gasteiger partial charge in [0.15, 0.2) is 16.8 Å². The number of carbonyl (C=O) groups excluding carboxylic acids is 2. The molecule has 0 spiro atoms. The minimum absolute atomic E-state index is 0.00325. The smallest absolute Gasteiger partial charge is 0.234 e. The van der Waals surface area contributed by atoms with E-state index in [1.165, 1.54) is 23.6 Å². The molecule has 3 heterocycles. The van der Waals surface area contributed by atoms with Gasteiger partial charge in [-0.1, -0.05) is 18.7 Å². The van der Waals surface area contributed by atoms with Crippen molar-refractivity contribution in [3.05, 3.63) is 46.2 Å². The van der Waals surface area contributed by atoms with Gasteiger partial charge in [0, 0.05) is 33.7 Å². The van der Waals surface area contributed by atoms with Crippen molar-refractivity contribution < 1.29 is 14.3 Å². The average Bonchev–Trinajstić information content (AvgIpc) is 3.54. The predicted octanol–water partition coefficient (Wildman–Crippen LogP) is 4.68. The standard InChI is InChI=1S/C23H26N4O3S2/c1-3-20-11-17(13-31-20)22-25-26-23(27(22)12-19-5-4-10-30-19)32-14-21(29)24-18-8-6-16(7-9-18)15(2)28/h6-9,11,13,19H,3-5,10,12,14H2,1-2H3,(H,24,29). The average molecular weight is 471 g/mol. The zero-order valence-electron chi connectivity index (χ0n) is 18.2. The lowest BCUT2D eigenvalue weighted by molar-refractivity contribution is -0.113. The largest absolute Gasteiger partial charge is 0.376 e. The highest BCUT2D eigenvalue weighted by Gasteiger charge is 2.22. The van der Waals surface area contributed by atoms with E-state index in [4.69, 9.17) is 4.74 Å². The van der Waals surface area contributed by atoms with Gasteiger partial charge in [-0.15, -0.1) is 21.5 Å². The molecule has 9 heteroatoms. The molecule has 2 aromatic heterocycles. The molecule has 0 bridgehead atoms. The van der Waals surface area contributed by atoms with E-state index >= 15 is 0 Å². The second kappa shape index (κ2) is 10.4. The lowest BCUT2D eigenvalue weighted by Crippen LogP contribution is -2.18. The molecule has 0 aliphatic carbocycles. The second-order valence-corrected chi connectivity index (χ2v) is 9.62. The topological polar surface area (TPSA) is 86.1 Å². The Kier molecular flexibility index (Phi) is 7.39. The summed E-state index contributed by atoms with van der Waals surface area (Å²) in [4.78, 5) is 25.2. The molecule has 4 rings (SSSR count). The van der Waals surface area contributed by atoms with Gasteiger partial charge in [0.2, 0.25) is 5.91 Å². The van der Waals surface area contributed by atoms with Crippen LogP contribution in [0.25, 0.3) is 11.4 Å². The molecule has 3 aromatic rings. The Bertz CT molecular complexity index is 1090. The molecular formula is C23H26N4O3S2. The van der Waals surface area contributed by atoms with Crippen LogP contribution in [0.15, 0.2) is 40.9 Å². The van der Waals surface area contributed by atoms with E-state index in [9.17, 15) is 9.59 Å². The molecule has 1 N–H and O–H groups in total. The molecule has 1 aliphatic rings. The van der Waals surface area contributed by atoms with Crippen LogP contribution in [0.5, 0.6) is 0 Å². The lowest BCUT2D eigenvalue weighted by atomic mass is 10.1. The van der Waals surface area contributed by atoms with Crippen LogP contribution in [-0.4, -0.2) is 44.9 Å². The second-order valence-electron chi connectivity index (χ2n) is 7.68. The number of nitrogens with zero attached hydrogens (tertiary/aromatic N) is 3. The maximum atomic E-state index is 12.5. The number of aromatic nitrogens is 3. The molecule has 1 fully saturated rings. The van der Waals surface area contributed by atoms with Crippen LogP contribution in [-0.2, 0) is 22.5 Å². The molecule has 32 heavy (non-hydrogen) atoms. The number of benzene rings is 1. The first kappa shape index (κ1) is 22.7. The highest BCUT2D eigenvalue weighted by atomic mass is 32.2. The van der Waals surface area contributed by atoms with E-state index < -0.39 is 0 Å². The van der Waals surface area contributed by atoms with Crippen LogP contribution in [0.4, 0.5) is 5.69 Å². The SMILES string of the molecule is CCc1cc(-c2nnc(SCC(=O)Nc3ccc(C(C)=O)cc3)n2CC2CCCO2)cs1. The summed E-state index contributed by atoms with van der Waals surface area (Å²) in [7, 11) is 0. The van der Waals surface area contributed by atoms with Crippen LogP contribution in [0.3, 0.4) is 0 Å². The number of Topliss-reactive ketones (excluding diaryl/α,β-unsaturated/α-hetero) is 1. The Hall–Kier alpha value is -2.49. The van der Waals surface area contributed by atoms with E-state index in [0.717, 1.165) is 37.3 Å². The molecule has 1 saturated heterocycles. The number of hydrogen-bond acceptors (Lipinski definition) is 7. The molecule has 0 radical (unpaired) electrons. The molecule has 7 nitrogen and oxygen atoms in total. The molecule has 0 saturated carbocycles. The molecule has 1 aliphatic heterocycles. The number of ketones is 1. The lowest BCUT2D eigenvalue weighted by Gasteiger charge is -2.14. The summed E-state index contributed by atoms with van der Waals surface area (Å²) in [6.45, 7) is 5.12. The quantitative estimate of drug-likeness (QED) is 0.361. The number of amides is 1. The van der Waals surface area contributed by atoms with Crippen molar-refractivity contribution in [2.75, 3.05) is 17.7 Å². The van der Waals surface area contributed by atoms with Crippen LogP contribution >= 0.6 is 23.1 Å². The highest BCUT2D eigenvalue weighted by molar-refractivity contribution is 7.99. The van der Waals surface area contributed by atoms with Crippen LogP contribution < -0.4 is 5.32 Å². The molecule has 168 valence electrons. The van der Waals surface area contributed by atoms with Crippen molar-refractivity contribution in [2.24, 2.45) is 0 Å². The molecule has 1 amide bonds. The van der Waals surface area contributed by atoms with Crippen molar-refractivity contribution in [2.45, 2.75) is 50.9 Å². The Morgan fingerprint density at radius 2 is 2.09 bits per heavy atom. The molecule has 1 atom stereocenters. The van der Waals surface area contributed by atoms with Crippen molar-refractivity contribution >= 4 is 40.5 Å². The summed E-state index contributed by atoms with van der Waals surface area (Å²) in [6.07, 6.45) is 3.21. The van der Waals surface area contributed by atoms with Crippen LogP contribution in [0.1, 0.15) is 41.9 Å². The molecule has 1 aromatic carbocycles. The van der Waals surface area contributed by atoms with Gasteiger partial charge < -0.3 is 10.1 Å². The van der Waals surface area contributed by atoms with Gasteiger partial charge in [0.05, 0.1) is 18.4 Å². The zero-order chi connectivity index (χ0) is 22.5. The number of anilines is 1. The maximum Gasteiger partial charge on any atom is 0.234 e. The number of rotatable bonds is 9. The summed E-state index contributed by atoms with van der Waals surface area (Å²) in [5.74, 6) is 0.889. The number of aryl methyl sites for hydroxylation is 1. The van der Waals surface area contributed by atoms with Gasteiger partial charge in [0.25, 0.3) is 0 Å². The third-order valence-electron chi connectivity index (χ3n) is 5.30. The summed E-state index contributed by atoms with van der Waals surface area (Å²) < 4.78 is 7.92. The summed E-state index contributed by atoms with van der Waals surface area (Å²) in [6, 6.07) is 9.05. The third kappa shape index (κ3) is 5.46. The van der Waals surface area contributed by atoms with Crippen LogP contribution in [0.2, 0.25) is 0 Å². The van der Waals surface area contributed by atoms with Crippen molar-refractivity contribution in [1.82, 2.24) is 14.8 Å². The van der Waals surface area contributed by atoms with Gasteiger partial charge in [0.1, 0.15) is 0 Å². The fourth-order valence-corrected chi connectivity index (χ4v) is 5.13. The van der Waals surface area contributed by atoms with Crippen molar-refractivity contribution in [1.29, 1.82) is 0 Å². The van der Waals surface area contributed by atoms with Gasteiger partial charge >= 0.3 is 0 Å². The number of thiophene rings is 1. The first-order valence-electron chi connectivity index (χ1n) is 10.7. The van der Waals surface area contributed by atoms with E-state index in [-0.39, 0.29) is 23.5 Å². The van der Waals surface area contributed by atoms with Gasteiger partial charge in [-0.05, 0) is 56.5 Å².